The van der Waals surface area contributed by atoms with Crippen molar-refractivity contribution >= 4 is 11.6 Å². The molecule has 1 aliphatic rings. The van der Waals surface area contributed by atoms with Crippen molar-refractivity contribution in [3.8, 4) is 0 Å². The Hall–Kier alpha value is -0.680. The first-order chi connectivity index (χ1) is 9.02. The molecule has 2 N–H and O–H groups in total. The van der Waals surface area contributed by atoms with Crippen molar-refractivity contribution in [3.05, 3.63) is 34.6 Å². The molecule has 0 spiro atoms. The lowest BCUT2D eigenvalue weighted by Crippen LogP contribution is -2.50. The third-order valence-corrected chi connectivity index (χ3v) is 3.93. The van der Waals surface area contributed by atoms with Gasteiger partial charge in [-0.15, -0.1) is 0 Å². The van der Waals surface area contributed by atoms with Crippen LogP contribution in [0.2, 0.25) is 5.02 Å². The molecule has 1 fully saturated rings. The number of halogens is 2. The van der Waals surface area contributed by atoms with Crippen molar-refractivity contribution in [2.75, 3.05) is 19.7 Å². The number of morpholine rings is 1. The van der Waals surface area contributed by atoms with E-state index in [9.17, 15) is 4.39 Å². The highest BCUT2D eigenvalue weighted by Crippen LogP contribution is 2.30. The molecule has 0 bridgehead atoms. The van der Waals surface area contributed by atoms with Gasteiger partial charge in [-0.2, -0.15) is 0 Å². The van der Waals surface area contributed by atoms with Gasteiger partial charge in [0.25, 0.3) is 0 Å². The van der Waals surface area contributed by atoms with Crippen LogP contribution in [0.4, 0.5) is 4.39 Å². The Morgan fingerprint density at radius 1 is 1.53 bits per heavy atom. The van der Waals surface area contributed by atoms with E-state index in [0.29, 0.717) is 18.2 Å². The molecule has 0 radical (unpaired) electrons. The number of ether oxygens (including phenoxy) is 1. The molecule has 0 aliphatic carbocycles. The van der Waals surface area contributed by atoms with Gasteiger partial charge in [0.05, 0.1) is 12.7 Å². The van der Waals surface area contributed by atoms with Crippen molar-refractivity contribution in [2.24, 2.45) is 5.73 Å². The van der Waals surface area contributed by atoms with Crippen molar-refractivity contribution in [3.63, 3.8) is 0 Å². The molecular weight excluding hydrogens is 267 g/mol. The lowest BCUT2D eigenvalue weighted by Gasteiger charge is -2.42. The minimum Gasteiger partial charge on any atom is -0.376 e. The zero-order valence-corrected chi connectivity index (χ0v) is 12.0. The normalized spacial score (nSPS) is 26.4. The molecular formula is C14H20ClFN2O. The van der Waals surface area contributed by atoms with Gasteiger partial charge in [-0.25, -0.2) is 4.39 Å². The van der Waals surface area contributed by atoms with Crippen LogP contribution in [0.5, 0.6) is 0 Å². The van der Waals surface area contributed by atoms with Gasteiger partial charge in [0.1, 0.15) is 5.82 Å². The molecule has 1 aromatic rings. The maximum Gasteiger partial charge on any atom is 0.124 e. The average Bonchev–Trinajstić information content (AvgIpc) is 2.36. The van der Waals surface area contributed by atoms with E-state index in [1.807, 2.05) is 6.92 Å². The molecule has 3 unspecified atom stereocenters. The van der Waals surface area contributed by atoms with E-state index < -0.39 is 0 Å². The molecule has 3 nitrogen and oxygen atoms in total. The fourth-order valence-corrected chi connectivity index (χ4v) is 2.87. The maximum atomic E-state index is 13.1. The van der Waals surface area contributed by atoms with Gasteiger partial charge in [-0.1, -0.05) is 17.7 Å². The van der Waals surface area contributed by atoms with Gasteiger partial charge >= 0.3 is 0 Å². The van der Waals surface area contributed by atoms with E-state index in [1.165, 1.54) is 12.1 Å². The van der Waals surface area contributed by atoms with E-state index >= 15 is 0 Å². The van der Waals surface area contributed by atoms with Gasteiger partial charge < -0.3 is 10.5 Å². The van der Waals surface area contributed by atoms with Crippen LogP contribution < -0.4 is 5.73 Å². The smallest absolute Gasteiger partial charge is 0.124 e. The highest BCUT2D eigenvalue weighted by molar-refractivity contribution is 6.31. The van der Waals surface area contributed by atoms with E-state index in [-0.39, 0.29) is 24.0 Å². The summed E-state index contributed by atoms with van der Waals surface area (Å²) in [7, 11) is 0. The summed E-state index contributed by atoms with van der Waals surface area (Å²) in [4.78, 5) is 2.29. The number of hydrogen-bond donors (Lipinski definition) is 1. The molecule has 1 aliphatic heterocycles. The Balaban J connectivity index is 2.27. The second-order valence-corrected chi connectivity index (χ2v) is 5.51. The summed E-state index contributed by atoms with van der Waals surface area (Å²) in [6, 6.07) is 4.76. The summed E-state index contributed by atoms with van der Waals surface area (Å²) in [6.45, 7) is 6.07. The van der Waals surface area contributed by atoms with E-state index in [2.05, 4.69) is 11.8 Å². The Morgan fingerprint density at radius 2 is 2.26 bits per heavy atom. The number of benzene rings is 1. The number of nitrogens with two attached hydrogens (primary N) is 1. The highest BCUT2D eigenvalue weighted by atomic mass is 35.5. The summed E-state index contributed by atoms with van der Waals surface area (Å²) in [5, 5.41) is 0.432. The standard InChI is InChI=1S/C14H20ClFN2O/c1-9-8-19-10(2)7-18(9)14(6-17)12-4-3-11(16)5-13(12)15/h3-5,9-10,14H,6-8,17H2,1-2H3. The molecule has 0 aromatic heterocycles. The Bertz CT molecular complexity index is 443. The maximum absolute atomic E-state index is 13.1. The van der Waals surface area contributed by atoms with E-state index in [1.54, 1.807) is 6.07 Å². The summed E-state index contributed by atoms with van der Waals surface area (Å²) < 4.78 is 18.8. The third kappa shape index (κ3) is 3.26. The van der Waals surface area contributed by atoms with Crippen LogP contribution in [0.25, 0.3) is 0 Å². The van der Waals surface area contributed by atoms with Crippen LogP contribution in [0, 0.1) is 5.82 Å². The highest BCUT2D eigenvalue weighted by Gasteiger charge is 2.30. The second kappa shape index (κ2) is 6.18. The van der Waals surface area contributed by atoms with Crippen LogP contribution in [-0.2, 0) is 4.74 Å². The molecule has 2 rings (SSSR count). The zero-order chi connectivity index (χ0) is 14.0. The largest absolute Gasteiger partial charge is 0.376 e. The first-order valence-electron chi connectivity index (χ1n) is 6.55. The summed E-state index contributed by atoms with van der Waals surface area (Å²) >= 11 is 6.15. The van der Waals surface area contributed by atoms with Crippen LogP contribution in [0.15, 0.2) is 18.2 Å². The van der Waals surface area contributed by atoms with Crippen molar-refractivity contribution in [1.82, 2.24) is 4.90 Å². The lowest BCUT2D eigenvalue weighted by molar-refractivity contribution is -0.0653. The van der Waals surface area contributed by atoms with Crippen LogP contribution in [-0.4, -0.2) is 36.7 Å². The van der Waals surface area contributed by atoms with Gasteiger partial charge in [0, 0.05) is 30.2 Å². The average molecular weight is 287 g/mol. The van der Waals surface area contributed by atoms with Crippen LogP contribution in [0.3, 0.4) is 0 Å². The lowest BCUT2D eigenvalue weighted by atomic mass is 10.0. The molecule has 1 heterocycles. The molecule has 1 saturated heterocycles. The second-order valence-electron chi connectivity index (χ2n) is 5.11. The molecule has 5 heteroatoms. The number of rotatable bonds is 3. The number of nitrogens with zero attached hydrogens (tertiary/aromatic N) is 1. The molecule has 106 valence electrons. The van der Waals surface area contributed by atoms with Gasteiger partial charge in [0.15, 0.2) is 0 Å². The predicted octanol–water partition coefficient (Wildman–Crippen LogP) is 2.59. The predicted molar refractivity (Wildman–Crippen MR) is 74.8 cm³/mol. The monoisotopic (exact) mass is 286 g/mol. The van der Waals surface area contributed by atoms with Gasteiger partial charge in [0.2, 0.25) is 0 Å². The third-order valence-electron chi connectivity index (χ3n) is 3.60. The minimum absolute atomic E-state index is 0.00514. The van der Waals surface area contributed by atoms with Crippen molar-refractivity contribution < 1.29 is 9.13 Å². The number of hydrogen-bond acceptors (Lipinski definition) is 3. The molecule has 0 saturated carbocycles. The van der Waals surface area contributed by atoms with Crippen LogP contribution >= 0.6 is 11.6 Å². The minimum atomic E-state index is -0.326. The molecule has 19 heavy (non-hydrogen) atoms. The van der Waals surface area contributed by atoms with E-state index in [4.69, 9.17) is 22.1 Å². The van der Waals surface area contributed by atoms with Crippen LogP contribution in [0.1, 0.15) is 25.5 Å². The van der Waals surface area contributed by atoms with Crippen molar-refractivity contribution in [2.45, 2.75) is 32.0 Å². The first-order valence-corrected chi connectivity index (χ1v) is 6.93. The first kappa shape index (κ1) is 14.7. The SMILES string of the molecule is CC1CN(C(CN)c2ccc(F)cc2Cl)C(C)CO1. The summed E-state index contributed by atoms with van der Waals surface area (Å²) in [6.07, 6.45) is 0.171. The molecule has 0 amide bonds. The Kier molecular flexibility index (Phi) is 4.79. The zero-order valence-electron chi connectivity index (χ0n) is 11.3. The quantitative estimate of drug-likeness (QED) is 0.928. The fourth-order valence-electron chi connectivity index (χ4n) is 2.58. The molecule has 1 aromatic carbocycles. The van der Waals surface area contributed by atoms with Gasteiger partial charge in [-0.05, 0) is 31.5 Å². The Labute approximate surface area is 118 Å². The Morgan fingerprint density at radius 3 is 2.89 bits per heavy atom. The van der Waals surface area contributed by atoms with Crippen molar-refractivity contribution in [1.29, 1.82) is 0 Å². The molecule has 3 atom stereocenters. The topological polar surface area (TPSA) is 38.5 Å². The summed E-state index contributed by atoms with van der Waals surface area (Å²) in [5.41, 5.74) is 6.80. The van der Waals surface area contributed by atoms with Gasteiger partial charge in [-0.3, -0.25) is 4.90 Å². The van der Waals surface area contributed by atoms with E-state index in [0.717, 1.165) is 12.1 Å². The fraction of sp³-hybridized carbons (Fsp3) is 0.571. The summed E-state index contributed by atoms with van der Waals surface area (Å²) in [5.74, 6) is -0.326.